The molecule has 1 aromatic carbocycles. The molecule has 1 saturated heterocycles. The molecule has 1 aliphatic rings. The lowest BCUT2D eigenvalue weighted by molar-refractivity contribution is -0.128. The van der Waals surface area contributed by atoms with Gasteiger partial charge in [-0.1, -0.05) is 40.3 Å². The summed E-state index contributed by atoms with van der Waals surface area (Å²) in [6.07, 6.45) is 3.29. The molecule has 1 atom stereocenters. The molecule has 0 spiro atoms. The number of halogens is 2. The summed E-state index contributed by atoms with van der Waals surface area (Å²) < 4.78 is 31.2. The van der Waals surface area contributed by atoms with Crippen LogP contribution in [-0.4, -0.2) is 75.6 Å². The highest BCUT2D eigenvalue weighted by molar-refractivity contribution is 6.07. The minimum atomic E-state index is -0.849. The highest BCUT2D eigenvalue weighted by atomic mass is 19.1. The Hall–Kier alpha value is -4.74. The van der Waals surface area contributed by atoms with Crippen molar-refractivity contribution in [2.45, 2.75) is 52.5 Å². The fraction of sp³-hybridized carbons (Fsp3) is 0.375. The van der Waals surface area contributed by atoms with Crippen molar-refractivity contribution in [3.63, 3.8) is 0 Å². The van der Waals surface area contributed by atoms with Gasteiger partial charge in [-0.25, -0.2) is 23.7 Å². The number of carbonyl (C=O) groups is 2. The Morgan fingerprint density at radius 1 is 1.14 bits per heavy atom. The minimum absolute atomic E-state index is 0.00931. The van der Waals surface area contributed by atoms with Crippen LogP contribution in [0, 0.1) is 11.6 Å². The number of rotatable bonds is 8. The summed E-state index contributed by atoms with van der Waals surface area (Å²) in [5.41, 5.74) is 7.29. The zero-order chi connectivity index (χ0) is 32.3. The van der Waals surface area contributed by atoms with E-state index in [2.05, 4.69) is 26.5 Å². The largest absolute Gasteiger partial charge is 0.398 e. The van der Waals surface area contributed by atoms with Gasteiger partial charge in [0.2, 0.25) is 12.3 Å². The number of pyridine rings is 1. The summed E-state index contributed by atoms with van der Waals surface area (Å²) in [5, 5.41) is 0. The van der Waals surface area contributed by atoms with E-state index in [1.807, 2.05) is 39.5 Å². The van der Waals surface area contributed by atoms with Crippen LogP contribution in [0.1, 0.15) is 63.4 Å². The fourth-order valence-electron chi connectivity index (χ4n) is 5.51. The number of anilines is 3. The van der Waals surface area contributed by atoms with Crippen LogP contribution in [-0.2, 0) is 9.59 Å². The van der Waals surface area contributed by atoms with Gasteiger partial charge in [-0.3, -0.25) is 19.5 Å². The van der Waals surface area contributed by atoms with Gasteiger partial charge in [-0.2, -0.15) is 0 Å². The van der Waals surface area contributed by atoms with Crippen molar-refractivity contribution < 1.29 is 18.4 Å². The van der Waals surface area contributed by atoms with E-state index in [0.29, 0.717) is 49.0 Å². The summed E-state index contributed by atoms with van der Waals surface area (Å²) in [6.45, 7) is 14.4. The molecule has 0 radical (unpaired) electrons. The number of carbonyl (C=O) groups excluding carboxylic acids is 2. The molecule has 2 N–H and O–H groups in total. The lowest BCUT2D eigenvalue weighted by Crippen LogP contribution is -2.55. The first kappa shape index (κ1) is 32.2. The van der Waals surface area contributed by atoms with Gasteiger partial charge >= 0.3 is 0 Å². The predicted molar refractivity (Wildman–Crippen MR) is 168 cm³/mol. The zero-order valence-electron chi connectivity index (χ0n) is 25.9. The second-order valence-corrected chi connectivity index (χ2v) is 11.2. The third-order valence-corrected chi connectivity index (χ3v) is 7.62. The third-order valence-electron chi connectivity index (χ3n) is 7.62. The molecule has 232 valence electrons. The van der Waals surface area contributed by atoms with E-state index in [1.165, 1.54) is 41.6 Å². The first-order valence-electron chi connectivity index (χ1n) is 14.4. The van der Waals surface area contributed by atoms with Crippen molar-refractivity contribution in [1.29, 1.82) is 0 Å². The first-order chi connectivity index (χ1) is 20.9. The number of amides is 2. The maximum atomic E-state index is 16.1. The highest BCUT2D eigenvalue weighted by Gasteiger charge is 2.34. The molecule has 44 heavy (non-hydrogen) atoms. The molecule has 2 aromatic heterocycles. The second kappa shape index (κ2) is 13.3. The molecule has 1 unspecified atom stereocenters. The smallest absolute Gasteiger partial charge is 0.246 e. The molecule has 3 heterocycles. The lowest BCUT2D eigenvalue weighted by atomic mass is 10.00. The van der Waals surface area contributed by atoms with Crippen LogP contribution < -0.4 is 10.6 Å². The Kier molecular flexibility index (Phi) is 9.71. The number of amidine groups is 1. The van der Waals surface area contributed by atoms with Gasteiger partial charge in [0.1, 0.15) is 23.7 Å². The quantitative estimate of drug-likeness (QED) is 0.126. The topological polar surface area (TPSA) is 121 Å². The third kappa shape index (κ3) is 6.01. The Morgan fingerprint density at radius 2 is 1.80 bits per heavy atom. The molecule has 0 aliphatic carbocycles. The van der Waals surface area contributed by atoms with Crippen LogP contribution in [0.25, 0.3) is 11.3 Å². The van der Waals surface area contributed by atoms with Gasteiger partial charge in [-0.15, -0.1) is 0 Å². The van der Waals surface area contributed by atoms with E-state index >= 15 is 8.78 Å². The van der Waals surface area contributed by atoms with Crippen molar-refractivity contribution in [3.05, 3.63) is 71.8 Å². The number of nitrogens with zero attached hydrogens (tertiary/aromatic N) is 7. The molecule has 12 heteroatoms. The van der Waals surface area contributed by atoms with E-state index in [1.54, 1.807) is 11.9 Å². The maximum Gasteiger partial charge on any atom is 0.246 e. The number of piperazine rings is 1. The number of hydrogen-bond acceptors (Lipinski definition) is 7. The number of benzene rings is 1. The van der Waals surface area contributed by atoms with Crippen molar-refractivity contribution in [3.8, 4) is 11.3 Å². The first-order valence-corrected chi connectivity index (χ1v) is 14.4. The van der Waals surface area contributed by atoms with Crippen LogP contribution >= 0.6 is 0 Å². The zero-order valence-corrected chi connectivity index (χ0v) is 25.9. The molecule has 4 rings (SSSR count). The molecule has 10 nitrogen and oxygen atoms in total. The number of aromatic nitrogens is 3. The number of nitrogens with two attached hydrogens (primary N) is 1. The van der Waals surface area contributed by atoms with Crippen LogP contribution in [0.15, 0.2) is 48.2 Å². The Labute approximate surface area is 256 Å². The summed E-state index contributed by atoms with van der Waals surface area (Å²) >= 11 is 0. The van der Waals surface area contributed by atoms with Crippen molar-refractivity contribution in [1.82, 2.24) is 24.8 Å². The minimum Gasteiger partial charge on any atom is -0.398 e. The summed E-state index contributed by atoms with van der Waals surface area (Å²) in [4.78, 5) is 48.4. The van der Waals surface area contributed by atoms with Crippen molar-refractivity contribution in [2.24, 2.45) is 4.99 Å². The van der Waals surface area contributed by atoms with Crippen LogP contribution in [0.2, 0.25) is 0 Å². The molecule has 2 amide bonds. The molecule has 3 aromatic rings. The van der Waals surface area contributed by atoms with E-state index in [4.69, 9.17) is 5.73 Å². The molecular weight excluding hydrogens is 566 g/mol. The summed E-state index contributed by atoms with van der Waals surface area (Å²) in [5.74, 6) is -1.68. The van der Waals surface area contributed by atoms with Gasteiger partial charge in [0.25, 0.3) is 0 Å². The van der Waals surface area contributed by atoms with E-state index < -0.39 is 11.6 Å². The monoisotopic (exact) mass is 604 g/mol. The average Bonchev–Trinajstić information content (AvgIpc) is 2.99. The predicted octanol–water partition coefficient (Wildman–Crippen LogP) is 5.04. The molecule has 1 aliphatic heterocycles. The van der Waals surface area contributed by atoms with Crippen molar-refractivity contribution in [2.75, 3.05) is 37.3 Å². The molecule has 1 fully saturated rings. The average molecular weight is 605 g/mol. The van der Waals surface area contributed by atoms with Crippen molar-refractivity contribution >= 4 is 35.3 Å². The normalized spacial score (nSPS) is 15.6. The number of hydrogen-bond donors (Lipinski definition) is 1. The summed E-state index contributed by atoms with van der Waals surface area (Å²) in [7, 11) is 1.56. The highest BCUT2D eigenvalue weighted by Crippen LogP contribution is 2.39. The van der Waals surface area contributed by atoms with Crippen LogP contribution in [0.3, 0.4) is 0 Å². The van der Waals surface area contributed by atoms with Gasteiger partial charge < -0.3 is 15.5 Å². The molecule has 0 bridgehead atoms. The SMILES string of the molecule is C=CC(=O)N1CCN(C(=NC)c2cc(F)c(-c3c(N)cccc3F)nc2N(C=O)c2c(C(C)C)ncnc2C(C)C)C(C)C1. The Morgan fingerprint density at radius 3 is 2.32 bits per heavy atom. The lowest BCUT2D eigenvalue weighted by Gasteiger charge is -2.41. The summed E-state index contributed by atoms with van der Waals surface area (Å²) in [6, 6.07) is 5.01. The maximum absolute atomic E-state index is 16.1. The van der Waals surface area contributed by atoms with Crippen LogP contribution in [0.4, 0.5) is 26.0 Å². The van der Waals surface area contributed by atoms with E-state index in [0.717, 1.165) is 0 Å². The fourth-order valence-corrected chi connectivity index (χ4v) is 5.51. The Balaban J connectivity index is 2.02. The van der Waals surface area contributed by atoms with Crippen LogP contribution in [0.5, 0.6) is 0 Å². The molecule has 0 saturated carbocycles. The van der Waals surface area contributed by atoms with Gasteiger partial charge in [-0.05, 0) is 43.0 Å². The van der Waals surface area contributed by atoms with Gasteiger partial charge in [0.15, 0.2) is 11.6 Å². The van der Waals surface area contributed by atoms with E-state index in [-0.39, 0.29) is 52.1 Å². The second-order valence-electron chi connectivity index (χ2n) is 11.2. The van der Waals surface area contributed by atoms with E-state index in [9.17, 15) is 9.59 Å². The Bertz CT molecular complexity index is 1560. The number of aliphatic imine (C=N–C) groups is 1. The van der Waals surface area contributed by atoms with Gasteiger partial charge in [0.05, 0.1) is 28.2 Å². The molecular formula is C32H38F2N8O2. The van der Waals surface area contributed by atoms with Gasteiger partial charge in [0, 0.05) is 38.4 Å². The standard InChI is InChI=1S/C32H38F2N8O2/c1-8-25(44)40-12-13-41(20(6)15-40)31(36-7)21-14-23(34)29(26-22(33)10-9-11-24(26)35)39-32(21)42(17-43)30-27(18(2)3)37-16-38-28(30)19(4)5/h8-11,14,16-20H,1,12-13,15,35H2,2-7H3. The number of nitrogen functional groups attached to an aromatic ring is 1.